The molecule has 9 heteroatoms. The number of imidazole rings is 1. The van der Waals surface area contributed by atoms with E-state index in [2.05, 4.69) is 20.9 Å². The van der Waals surface area contributed by atoms with Crippen molar-refractivity contribution in [3.05, 3.63) is 65.0 Å². The van der Waals surface area contributed by atoms with Crippen LogP contribution in [0.3, 0.4) is 0 Å². The second-order valence-electron chi connectivity index (χ2n) is 7.25. The molecule has 1 unspecified atom stereocenters. The van der Waals surface area contributed by atoms with Crippen LogP contribution in [0.5, 0.6) is 0 Å². The highest BCUT2D eigenvalue weighted by Crippen LogP contribution is 2.33. The minimum Gasteiger partial charge on any atom is -0.270 e. The van der Waals surface area contributed by atoms with Crippen LogP contribution in [0, 0.1) is 0 Å². The minimum atomic E-state index is -0.660. The fourth-order valence-corrected chi connectivity index (χ4v) is 4.12. The van der Waals surface area contributed by atoms with Crippen LogP contribution in [0.2, 0.25) is 0 Å². The third-order valence-corrected chi connectivity index (χ3v) is 5.96. The van der Waals surface area contributed by atoms with Crippen molar-refractivity contribution in [1.29, 1.82) is 0 Å². The number of pyridine rings is 1. The molecule has 2 aliphatic heterocycles. The largest absolute Gasteiger partial charge is 0.402 e. The van der Waals surface area contributed by atoms with E-state index in [-0.39, 0.29) is 11.9 Å². The van der Waals surface area contributed by atoms with Gasteiger partial charge in [0.1, 0.15) is 18.4 Å². The zero-order chi connectivity index (χ0) is 21.0. The summed E-state index contributed by atoms with van der Waals surface area (Å²) < 4.78 is 4.86. The number of hydrogen-bond acceptors (Lipinski definition) is 4. The summed E-state index contributed by atoms with van der Waals surface area (Å²) in [6.07, 6.45) is 3.68. The van der Waals surface area contributed by atoms with Gasteiger partial charge < -0.3 is 0 Å². The fourth-order valence-electron chi connectivity index (χ4n) is 3.85. The average Bonchev–Trinajstić information content (AvgIpc) is 3.29. The molecule has 3 aromatic rings. The number of carbonyl (C=O) groups is 2. The molecular weight excluding hydrogens is 448 g/mol. The first-order valence-electron chi connectivity index (χ1n) is 9.40. The smallest absolute Gasteiger partial charge is 0.270 e. The lowest BCUT2D eigenvalue weighted by Gasteiger charge is -2.30. The number of imide groups is 1. The maximum absolute atomic E-state index is 12.9. The highest BCUT2D eigenvalue weighted by Gasteiger charge is 2.52. The Kier molecular flexibility index (Phi) is 4.28. The molecule has 30 heavy (non-hydrogen) atoms. The molecule has 8 nitrogen and oxygen atoms in total. The Morgan fingerprint density at radius 3 is 2.53 bits per heavy atom. The van der Waals surface area contributed by atoms with Crippen LogP contribution in [0.1, 0.15) is 11.7 Å². The maximum Gasteiger partial charge on any atom is 0.402 e. The highest BCUT2D eigenvalue weighted by atomic mass is 79.9. The Balaban J connectivity index is 1.69. The van der Waals surface area contributed by atoms with Gasteiger partial charge in [0.2, 0.25) is 11.9 Å². The average molecular weight is 466 g/mol. The van der Waals surface area contributed by atoms with E-state index in [4.69, 9.17) is 4.99 Å². The topological polar surface area (TPSA) is 74.7 Å². The van der Waals surface area contributed by atoms with Gasteiger partial charge in [-0.15, -0.1) is 0 Å². The lowest BCUT2D eigenvalue weighted by molar-refractivity contribution is -0.676. The number of aromatic nitrogens is 3. The van der Waals surface area contributed by atoms with Crippen LogP contribution < -0.4 is 4.57 Å². The van der Waals surface area contributed by atoms with Gasteiger partial charge in [-0.3, -0.25) is 19.6 Å². The molecule has 1 fully saturated rings. The number of amides is 3. The van der Waals surface area contributed by atoms with Gasteiger partial charge in [-0.2, -0.15) is 0 Å². The Labute approximate surface area is 181 Å². The van der Waals surface area contributed by atoms with Gasteiger partial charge in [-0.25, -0.2) is 13.9 Å². The molecule has 3 amide bonds. The van der Waals surface area contributed by atoms with Crippen molar-refractivity contribution in [2.24, 2.45) is 4.99 Å². The number of aliphatic imine (C=N–C) groups is 1. The summed E-state index contributed by atoms with van der Waals surface area (Å²) in [4.78, 5) is 37.0. The number of nitrogens with zero attached hydrogens (tertiary/aromatic N) is 6. The summed E-state index contributed by atoms with van der Waals surface area (Å²) >= 11 is 3.48. The van der Waals surface area contributed by atoms with E-state index in [0.29, 0.717) is 18.3 Å². The van der Waals surface area contributed by atoms with Crippen LogP contribution in [-0.2, 0) is 11.3 Å². The zero-order valence-electron chi connectivity index (χ0n) is 16.4. The van der Waals surface area contributed by atoms with E-state index in [1.54, 1.807) is 13.2 Å². The van der Waals surface area contributed by atoms with Crippen LogP contribution in [0.25, 0.3) is 11.3 Å². The van der Waals surface area contributed by atoms with Gasteiger partial charge in [0.25, 0.3) is 5.91 Å². The number of fused-ring (bicyclic) bond motifs is 3. The Bertz CT molecular complexity index is 1200. The normalized spacial score (nSPS) is 17.8. The van der Waals surface area contributed by atoms with Crippen molar-refractivity contribution in [1.82, 2.24) is 19.4 Å². The first-order chi connectivity index (χ1) is 14.5. The molecule has 150 valence electrons. The van der Waals surface area contributed by atoms with E-state index < -0.39 is 6.04 Å². The Hall–Kier alpha value is -3.33. The molecule has 0 bridgehead atoms. The van der Waals surface area contributed by atoms with Gasteiger partial charge in [-0.1, -0.05) is 39.1 Å². The van der Waals surface area contributed by atoms with Crippen molar-refractivity contribution in [2.75, 3.05) is 14.1 Å². The number of likely N-dealkylation sites (N-methyl/N-ethyl adjacent to an activating group) is 2. The lowest BCUT2D eigenvalue weighted by Crippen LogP contribution is -2.61. The first kappa shape index (κ1) is 18.7. The van der Waals surface area contributed by atoms with Crippen LogP contribution in [0.15, 0.2) is 64.3 Å². The number of amidine groups is 1. The standard InChI is InChI=1S/C21H18BrN6O2/c1-25-18-17(19(29)26(2)21(25)30)28-12-16(13-6-8-14(22)9-7-13)27(20(28)24-18)11-15-5-3-4-10-23-15/h3-10,12,17H,11H2,1-2H3/q+1. The molecule has 5 rings (SSSR count). The summed E-state index contributed by atoms with van der Waals surface area (Å²) in [5, 5.41) is 0. The van der Waals surface area contributed by atoms with E-state index in [1.165, 1.54) is 11.9 Å². The lowest BCUT2D eigenvalue weighted by atomic mass is 10.1. The van der Waals surface area contributed by atoms with Crippen LogP contribution in [-0.4, -0.2) is 51.2 Å². The number of halogens is 1. The van der Waals surface area contributed by atoms with Crippen LogP contribution >= 0.6 is 15.9 Å². The Morgan fingerprint density at radius 1 is 1.07 bits per heavy atom. The number of hydrogen-bond donors (Lipinski definition) is 0. The van der Waals surface area contributed by atoms with E-state index in [9.17, 15) is 9.59 Å². The molecule has 1 aromatic carbocycles. The van der Waals surface area contributed by atoms with Gasteiger partial charge in [0.05, 0.1) is 5.69 Å². The third kappa shape index (κ3) is 2.77. The van der Waals surface area contributed by atoms with Crippen LogP contribution in [0.4, 0.5) is 10.7 Å². The van der Waals surface area contributed by atoms with Crippen molar-refractivity contribution < 1.29 is 14.2 Å². The second-order valence-corrected chi connectivity index (χ2v) is 8.16. The summed E-state index contributed by atoms with van der Waals surface area (Å²) in [6.45, 7) is 0.486. The monoisotopic (exact) mass is 465 g/mol. The fraction of sp³-hybridized carbons (Fsp3) is 0.190. The number of carbonyl (C=O) groups excluding carboxylic acids is 2. The molecule has 4 heterocycles. The minimum absolute atomic E-state index is 0.294. The summed E-state index contributed by atoms with van der Waals surface area (Å²) in [5.41, 5.74) is 2.78. The quantitative estimate of drug-likeness (QED) is 0.558. The molecule has 0 radical (unpaired) electrons. The highest BCUT2D eigenvalue weighted by molar-refractivity contribution is 9.10. The molecule has 0 aliphatic carbocycles. The second kappa shape index (κ2) is 6.88. The van der Waals surface area contributed by atoms with Gasteiger partial charge in [-0.05, 0) is 24.3 Å². The predicted octanol–water partition coefficient (Wildman–Crippen LogP) is 2.76. The van der Waals surface area contributed by atoms with Crippen molar-refractivity contribution in [3.63, 3.8) is 0 Å². The van der Waals surface area contributed by atoms with Crippen molar-refractivity contribution in [2.45, 2.75) is 12.6 Å². The van der Waals surface area contributed by atoms with Gasteiger partial charge in [0, 0.05) is 30.3 Å². The van der Waals surface area contributed by atoms with Gasteiger partial charge >= 0.3 is 12.0 Å². The van der Waals surface area contributed by atoms with E-state index in [1.807, 2.05) is 57.8 Å². The van der Waals surface area contributed by atoms with Crippen molar-refractivity contribution >= 4 is 39.7 Å². The van der Waals surface area contributed by atoms with E-state index >= 15 is 0 Å². The molecular formula is C21H18BrN6O2+. The summed E-state index contributed by atoms with van der Waals surface area (Å²) in [5.74, 6) is 0.759. The zero-order valence-corrected chi connectivity index (χ0v) is 17.9. The SMILES string of the molecule is CN1C(=O)C2C(=Nc3n(Cc4ccccn4)c(-c4ccc(Br)cc4)c[n+]32)N(C)C1=O. The molecule has 2 aliphatic rings. The molecule has 1 atom stereocenters. The summed E-state index contributed by atoms with van der Waals surface area (Å²) in [6, 6.07) is 12.7. The Morgan fingerprint density at radius 2 is 1.83 bits per heavy atom. The molecule has 0 N–H and O–H groups in total. The number of urea groups is 1. The maximum atomic E-state index is 12.9. The van der Waals surface area contributed by atoms with E-state index in [0.717, 1.165) is 26.3 Å². The van der Waals surface area contributed by atoms with Gasteiger partial charge in [0.15, 0.2) is 0 Å². The summed E-state index contributed by atoms with van der Waals surface area (Å²) in [7, 11) is 3.14. The van der Waals surface area contributed by atoms with Crippen molar-refractivity contribution in [3.8, 4) is 11.3 Å². The molecule has 0 spiro atoms. The predicted molar refractivity (Wildman–Crippen MR) is 113 cm³/mol. The molecule has 0 saturated carbocycles. The first-order valence-corrected chi connectivity index (χ1v) is 10.2. The molecule has 1 saturated heterocycles. The number of benzene rings is 1. The number of rotatable bonds is 3. The third-order valence-electron chi connectivity index (χ3n) is 5.43. The molecule has 2 aromatic heterocycles.